The molecule has 0 amide bonds. The van der Waals surface area contributed by atoms with Gasteiger partial charge in [0.15, 0.2) is 17.8 Å². The maximum absolute atomic E-state index is 13.4. The van der Waals surface area contributed by atoms with E-state index in [-0.39, 0.29) is 24.7 Å². The summed E-state index contributed by atoms with van der Waals surface area (Å²) < 4.78 is 29.9. The highest BCUT2D eigenvalue weighted by molar-refractivity contribution is 7.51. The highest BCUT2D eigenvalue weighted by Crippen LogP contribution is 2.34. The second-order valence-electron chi connectivity index (χ2n) is 4.24. The van der Waals surface area contributed by atoms with Gasteiger partial charge >= 0.3 is 7.60 Å². The topological polar surface area (TPSA) is 162 Å². The average Bonchev–Trinajstić information content (AvgIpc) is 2.76. The van der Waals surface area contributed by atoms with Crippen molar-refractivity contribution in [3.05, 3.63) is 6.33 Å². The van der Waals surface area contributed by atoms with Crippen molar-refractivity contribution in [3.63, 3.8) is 0 Å². The summed E-state index contributed by atoms with van der Waals surface area (Å²) in [5.74, 6) is 0.0853. The van der Waals surface area contributed by atoms with Crippen molar-refractivity contribution in [2.45, 2.75) is 19.3 Å². The first-order valence-corrected chi connectivity index (χ1v) is 7.60. The first kappa shape index (κ1) is 15.6. The first-order valence-electron chi connectivity index (χ1n) is 5.80. The summed E-state index contributed by atoms with van der Waals surface area (Å²) >= 11 is 0. The lowest BCUT2D eigenvalue weighted by Gasteiger charge is -2.11. The van der Waals surface area contributed by atoms with E-state index in [1.165, 1.54) is 10.9 Å². The number of imidazole rings is 1. The number of ether oxygens (including phenoxy) is 1. The molecule has 0 bridgehead atoms. The van der Waals surface area contributed by atoms with Gasteiger partial charge in [0, 0.05) is 13.0 Å². The molecule has 2 rings (SSSR count). The lowest BCUT2D eigenvalue weighted by Crippen LogP contribution is -2.12. The van der Waals surface area contributed by atoms with Crippen molar-refractivity contribution in [3.8, 4) is 0 Å². The van der Waals surface area contributed by atoms with Gasteiger partial charge in [0.25, 0.3) is 0 Å². The van der Waals surface area contributed by atoms with E-state index in [0.29, 0.717) is 11.2 Å². The van der Waals surface area contributed by atoms with Gasteiger partial charge in [-0.05, 0) is 0 Å². The van der Waals surface area contributed by atoms with Gasteiger partial charge < -0.3 is 30.6 Å². The number of anilines is 2. The van der Waals surface area contributed by atoms with Crippen LogP contribution in [-0.4, -0.2) is 42.0 Å². The molecule has 0 radical (unpaired) electrons. The molecule has 0 saturated heterocycles. The zero-order valence-corrected chi connectivity index (χ0v) is 11.7. The minimum absolute atomic E-state index is 0.0312. The smallest absolute Gasteiger partial charge is 0.351 e. The summed E-state index contributed by atoms with van der Waals surface area (Å²) in [6.07, 6.45) is -1.55. The van der Waals surface area contributed by atoms with E-state index in [2.05, 4.69) is 19.7 Å². The molecule has 0 aromatic carbocycles. The minimum Gasteiger partial charge on any atom is -0.382 e. The lowest BCUT2D eigenvalue weighted by molar-refractivity contribution is -0.0294. The number of hydrogen-bond donors (Lipinski definition) is 4. The number of nitrogens with zero attached hydrogens (tertiary/aromatic N) is 4. The fourth-order valence-corrected chi connectivity index (χ4v) is 2.01. The summed E-state index contributed by atoms with van der Waals surface area (Å²) in [6.45, 7) is 0.120. The SMILES string of the molecule is Nc1nc(N)c2ncn(CCC(F)OCP(=O)(O)O)c2n1. The molecule has 2 heterocycles. The van der Waals surface area contributed by atoms with Gasteiger partial charge in [0.05, 0.1) is 6.33 Å². The Hall–Kier alpha value is -1.81. The van der Waals surface area contributed by atoms with Crippen molar-refractivity contribution >= 4 is 30.5 Å². The van der Waals surface area contributed by atoms with Gasteiger partial charge in [-0.25, -0.2) is 9.37 Å². The number of alkyl halides is 1. The van der Waals surface area contributed by atoms with Crippen LogP contribution in [0.2, 0.25) is 0 Å². The standard InChI is InChI=1S/C9H14FN6O4P/c10-5(20-4-21(17,18)19)1-2-16-3-13-6-7(11)14-9(12)15-8(6)16/h3,5H,1-2,4H2,(H2,17,18,19)(H4,11,12,14,15). The van der Waals surface area contributed by atoms with Crippen LogP contribution >= 0.6 is 7.60 Å². The van der Waals surface area contributed by atoms with Gasteiger partial charge in [-0.1, -0.05) is 0 Å². The van der Waals surface area contributed by atoms with Crippen molar-refractivity contribution in [2.75, 3.05) is 17.8 Å². The van der Waals surface area contributed by atoms with E-state index in [4.69, 9.17) is 21.3 Å². The third kappa shape index (κ3) is 4.08. The largest absolute Gasteiger partial charge is 0.382 e. The molecule has 2 aromatic rings. The van der Waals surface area contributed by atoms with Crippen LogP contribution in [0.5, 0.6) is 0 Å². The molecule has 21 heavy (non-hydrogen) atoms. The maximum Gasteiger partial charge on any atom is 0.351 e. The van der Waals surface area contributed by atoms with Crippen molar-refractivity contribution in [2.24, 2.45) is 0 Å². The van der Waals surface area contributed by atoms with Crippen LogP contribution in [0.3, 0.4) is 0 Å². The molecule has 6 N–H and O–H groups in total. The fourth-order valence-electron chi connectivity index (χ4n) is 1.65. The van der Waals surface area contributed by atoms with Crippen LogP contribution in [0.4, 0.5) is 16.2 Å². The van der Waals surface area contributed by atoms with Gasteiger partial charge in [-0.2, -0.15) is 9.97 Å². The Bertz CT molecular complexity index is 688. The number of rotatable bonds is 6. The monoisotopic (exact) mass is 320 g/mol. The van der Waals surface area contributed by atoms with E-state index in [1.807, 2.05) is 0 Å². The Kier molecular flexibility index (Phi) is 4.37. The highest BCUT2D eigenvalue weighted by Gasteiger charge is 2.18. The first-order chi connectivity index (χ1) is 9.76. The molecule has 0 fully saturated rings. The van der Waals surface area contributed by atoms with Crippen LogP contribution in [-0.2, 0) is 15.8 Å². The Morgan fingerprint density at radius 3 is 2.81 bits per heavy atom. The molecule has 0 spiro atoms. The molecule has 0 aliphatic heterocycles. The van der Waals surface area contributed by atoms with E-state index < -0.39 is 20.3 Å². The zero-order valence-electron chi connectivity index (χ0n) is 10.8. The third-order valence-electron chi connectivity index (χ3n) is 2.53. The number of aromatic nitrogens is 4. The molecule has 0 aliphatic carbocycles. The number of halogens is 1. The van der Waals surface area contributed by atoms with E-state index >= 15 is 0 Å². The Balaban J connectivity index is 2.02. The maximum atomic E-state index is 13.4. The second-order valence-corrected chi connectivity index (χ2v) is 5.82. The molecular formula is C9H14FN6O4P. The molecular weight excluding hydrogens is 306 g/mol. The van der Waals surface area contributed by atoms with Gasteiger partial charge in [-0.3, -0.25) is 4.57 Å². The third-order valence-corrected chi connectivity index (χ3v) is 3.01. The molecule has 10 nitrogen and oxygen atoms in total. The Morgan fingerprint density at radius 1 is 1.43 bits per heavy atom. The van der Waals surface area contributed by atoms with E-state index in [0.717, 1.165) is 0 Å². The summed E-state index contributed by atoms with van der Waals surface area (Å²) in [5.41, 5.74) is 11.8. The quantitative estimate of drug-likeness (QED) is 0.529. The van der Waals surface area contributed by atoms with E-state index in [9.17, 15) is 8.96 Å². The second kappa shape index (κ2) is 5.90. The number of fused-ring (bicyclic) bond motifs is 1. The molecule has 12 heteroatoms. The van der Waals surface area contributed by atoms with Gasteiger partial charge in [0.1, 0.15) is 5.52 Å². The lowest BCUT2D eigenvalue weighted by atomic mass is 10.4. The average molecular weight is 320 g/mol. The van der Waals surface area contributed by atoms with Crippen LogP contribution in [0, 0.1) is 0 Å². The fraction of sp³-hybridized carbons (Fsp3) is 0.444. The van der Waals surface area contributed by atoms with Crippen LogP contribution < -0.4 is 11.5 Å². The van der Waals surface area contributed by atoms with Gasteiger partial charge in [0.2, 0.25) is 12.3 Å². The molecule has 0 saturated carbocycles. The molecule has 2 aromatic heterocycles. The van der Waals surface area contributed by atoms with Crippen LogP contribution in [0.1, 0.15) is 6.42 Å². The van der Waals surface area contributed by atoms with Crippen molar-refractivity contribution in [1.82, 2.24) is 19.5 Å². The predicted octanol–water partition coefficient (Wildman–Crippen LogP) is -0.172. The van der Waals surface area contributed by atoms with Crippen molar-refractivity contribution in [1.29, 1.82) is 0 Å². The molecule has 1 unspecified atom stereocenters. The normalized spacial score (nSPS) is 13.7. The van der Waals surface area contributed by atoms with Crippen molar-refractivity contribution < 1.29 is 23.5 Å². The van der Waals surface area contributed by atoms with Gasteiger partial charge in [-0.15, -0.1) is 0 Å². The summed E-state index contributed by atoms with van der Waals surface area (Å²) in [7, 11) is -4.39. The number of nitrogen functional groups attached to an aromatic ring is 2. The number of aryl methyl sites for hydroxylation is 1. The molecule has 116 valence electrons. The number of hydrogen-bond acceptors (Lipinski definition) is 7. The summed E-state index contributed by atoms with van der Waals surface area (Å²) in [6, 6.07) is 0. The number of nitrogens with two attached hydrogens (primary N) is 2. The summed E-state index contributed by atoms with van der Waals surface area (Å²) in [4.78, 5) is 28.9. The molecule has 1 atom stereocenters. The van der Waals surface area contributed by atoms with Crippen LogP contribution in [0.15, 0.2) is 6.33 Å². The minimum atomic E-state index is -4.39. The zero-order chi connectivity index (χ0) is 15.6. The molecule has 0 aliphatic rings. The predicted molar refractivity (Wildman–Crippen MR) is 71.7 cm³/mol. The van der Waals surface area contributed by atoms with E-state index in [1.54, 1.807) is 0 Å². The Labute approximate surface area is 118 Å². The summed E-state index contributed by atoms with van der Waals surface area (Å²) in [5, 5.41) is 0. The van der Waals surface area contributed by atoms with Crippen LogP contribution in [0.25, 0.3) is 11.2 Å². The highest BCUT2D eigenvalue weighted by atomic mass is 31.2. The Morgan fingerprint density at radius 2 is 2.14 bits per heavy atom.